The molecule has 0 aliphatic rings. The molecule has 86 valence electrons. The van der Waals surface area contributed by atoms with Gasteiger partial charge in [-0.3, -0.25) is 0 Å². The van der Waals surface area contributed by atoms with Crippen LogP contribution in [0.5, 0.6) is 0 Å². The standard InChI is InChI=1S/C13H22OS/c1-3-4-5-6-7-8-13(14)12-10-15-9-11(12)2/h9-10,13-14H,3-8H2,1-2H3. The SMILES string of the molecule is CCCCCCCC(O)c1cscc1C. The Bertz CT molecular complexity index is 267. The number of aryl methyl sites for hydroxylation is 1. The van der Waals surface area contributed by atoms with E-state index in [1.807, 2.05) is 0 Å². The van der Waals surface area contributed by atoms with Crippen LogP contribution < -0.4 is 0 Å². The molecule has 1 aromatic rings. The maximum absolute atomic E-state index is 9.95. The number of rotatable bonds is 7. The third kappa shape index (κ3) is 4.35. The van der Waals surface area contributed by atoms with Crippen LogP contribution in [0, 0.1) is 6.92 Å². The van der Waals surface area contributed by atoms with Gasteiger partial charge in [0.25, 0.3) is 0 Å². The first-order valence-corrected chi connectivity index (χ1v) is 6.90. The molecule has 1 atom stereocenters. The smallest absolute Gasteiger partial charge is 0.0800 e. The second kappa shape index (κ2) is 7.02. The normalized spacial score (nSPS) is 13.0. The molecule has 0 saturated heterocycles. The van der Waals surface area contributed by atoms with Crippen LogP contribution in [0.2, 0.25) is 0 Å². The fraction of sp³-hybridized carbons (Fsp3) is 0.692. The molecule has 1 heterocycles. The van der Waals surface area contributed by atoms with E-state index in [1.165, 1.54) is 31.2 Å². The number of thiophene rings is 1. The molecule has 0 bridgehead atoms. The lowest BCUT2D eigenvalue weighted by Gasteiger charge is -2.09. The van der Waals surface area contributed by atoms with Gasteiger partial charge in [0.2, 0.25) is 0 Å². The molecule has 0 saturated carbocycles. The molecule has 0 aliphatic carbocycles. The van der Waals surface area contributed by atoms with Gasteiger partial charge in [-0.15, -0.1) is 0 Å². The number of aliphatic hydroxyl groups is 1. The number of hydrogen-bond acceptors (Lipinski definition) is 2. The predicted molar refractivity (Wildman–Crippen MR) is 67.4 cm³/mol. The molecule has 15 heavy (non-hydrogen) atoms. The molecule has 0 amide bonds. The zero-order valence-electron chi connectivity index (χ0n) is 9.83. The van der Waals surface area contributed by atoms with Crippen LogP contribution in [0.1, 0.15) is 62.7 Å². The molecule has 0 radical (unpaired) electrons. The highest BCUT2D eigenvalue weighted by Crippen LogP contribution is 2.25. The molecule has 1 unspecified atom stereocenters. The first kappa shape index (κ1) is 12.7. The third-order valence-corrected chi connectivity index (χ3v) is 3.71. The monoisotopic (exact) mass is 226 g/mol. The number of aliphatic hydroxyl groups excluding tert-OH is 1. The lowest BCUT2D eigenvalue weighted by molar-refractivity contribution is 0.163. The van der Waals surface area contributed by atoms with Gasteiger partial charge < -0.3 is 5.11 Å². The van der Waals surface area contributed by atoms with Gasteiger partial charge >= 0.3 is 0 Å². The summed E-state index contributed by atoms with van der Waals surface area (Å²) in [6.45, 7) is 4.30. The van der Waals surface area contributed by atoms with Crippen LogP contribution in [-0.4, -0.2) is 5.11 Å². The Kier molecular flexibility index (Phi) is 5.96. The van der Waals surface area contributed by atoms with Crippen LogP contribution in [0.4, 0.5) is 0 Å². The van der Waals surface area contributed by atoms with Crippen LogP contribution in [0.3, 0.4) is 0 Å². The van der Waals surface area contributed by atoms with Crippen LogP contribution >= 0.6 is 11.3 Å². The quantitative estimate of drug-likeness (QED) is 0.681. The van der Waals surface area contributed by atoms with Gasteiger partial charge in [0.05, 0.1) is 6.10 Å². The fourth-order valence-electron chi connectivity index (χ4n) is 1.81. The van der Waals surface area contributed by atoms with Crippen molar-refractivity contribution in [1.29, 1.82) is 0 Å². The van der Waals surface area contributed by atoms with Crippen molar-refractivity contribution in [2.45, 2.75) is 58.5 Å². The van der Waals surface area contributed by atoms with Gasteiger partial charge in [0.15, 0.2) is 0 Å². The maximum Gasteiger partial charge on any atom is 0.0800 e. The topological polar surface area (TPSA) is 20.2 Å². The third-order valence-electron chi connectivity index (χ3n) is 2.84. The van der Waals surface area contributed by atoms with Crippen molar-refractivity contribution in [1.82, 2.24) is 0 Å². The van der Waals surface area contributed by atoms with E-state index < -0.39 is 0 Å². The van der Waals surface area contributed by atoms with Crippen LogP contribution in [-0.2, 0) is 0 Å². The highest BCUT2D eigenvalue weighted by atomic mass is 32.1. The minimum absolute atomic E-state index is 0.238. The van der Waals surface area contributed by atoms with E-state index in [2.05, 4.69) is 24.6 Å². The van der Waals surface area contributed by atoms with Crippen molar-refractivity contribution in [3.63, 3.8) is 0 Å². The Labute approximate surface area is 97.2 Å². The van der Waals surface area contributed by atoms with Crippen LogP contribution in [0.15, 0.2) is 10.8 Å². The summed E-state index contributed by atoms with van der Waals surface area (Å²) in [7, 11) is 0. The molecular weight excluding hydrogens is 204 g/mol. The summed E-state index contributed by atoms with van der Waals surface area (Å²) in [6, 6.07) is 0. The molecule has 1 rings (SSSR count). The van der Waals surface area contributed by atoms with Crippen LogP contribution in [0.25, 0.3) is 0 Å². The molecule has 0 aromatic carbocycles. The second-order valence-electron chi connectivity index (χ2n) is 4.23. The zero-order chi connectivity index (χ0) is 11.1. The lowest BCUT2D eigenvalue weighted by Crippen LogP contribution is -1.97. The largest absolute Gasteiger partial charge is 0.388 e. The summed E-state index contributed by atoms with van der Waals surface area (Å²) in [6.07, 6.45) is 7.01. The zero-order valence-corrected chi connectivity index (χ0v) is 10.6. The Morgan fingerprint density at radius 3 is 2.53 bits per heavy atom. The van der Waals surface area contributed by atoms with E-state index in [0.29, 0.717) is 0 Å². The first-order valence-electron chi connectivity index (χ1n) is 5.96. The molecular formula is C13H22OS. The van der Waals surface area contributed by atoms with Gasteiger partial charge in [-0.2, -0.15) is 11.3 Å². The van der Waals surface area contributed by atoms with E-state index in [0.717, 1.165) is 18.4 Å². The van der Waals surface area contributed by atoms with E-state index >= 15 is 0 Å². The summed E-state index contributed by atoms with van der Waals surface area (Å²) >= 11 is 1.68. The highest BCUT2D eigenvalue weighted by molar-refractivity contribution is 7.08. The van der Waals surface area contributed by atoms with Crippen molar-refractivity contribution in [2.24, 2.45) is 0 Å². The van der Waals surface area contributed by atoms with Crippen molar-refractivity contribution in [2.75, 3.05) is 0 Å². The molecule has 0 spiro atoms. The average molecular weight is 226 g/mol. The van der Waals surface area contributed by atoms with Gasteiger partial charge in [-0.1, -0.05) is 39.0 Å². The van der Waals surface area contributed by atoms with E-state index in [9.17, 15) is 5.11 Å². The minimum atomic E-state index is -0.238. The average Bonchev–Trinajstić information content (AvgIpc) is 2.64. The van der Waals surface area contributed by atoms with E-state index in [-0.39, 0.29) is 6.10 Å². The molecule has 1 aromatic heterocycles. The number of hydrogen-bond donors (Lipinski definition) is 1. The van der Waals surface area contributed by atoms with Crippen molar-refractivity contribution < 1.29 is 5.11 Å². The summed E-state index contributed by atoms with van der Waals surface area (Å²) in [5.74, 6) is 0. The molecule has 1 nitrogen and oxygen atoms in total. The van der Waals surface area contributed by atoms with Crippen molar-refractivity contribution >= 4 is 11.3 Å². The van der Waals surface area contributed by atoms with E-state index in [4.69, 9.17) is 0 Å². The summed E-state index contributed by atoms with van der Waals surface area (Å²) in [4.78, 5) is 0. The summed E-state index contributed by atoms with van der Waals surface area (Å²) < 4.78 is 0. The fourth-order valence-corrected chi connectivity index (χ4v) is 2.71. The molecule has 1 N–H and O–H groups in total. The minimum Gasteiger partial charge on any atom is -0.388 e. The molecule has 0 fully saturated rings. The molecule has 0 aliphatic heterocycles. The van der Waals surface area contributed by atoms with E-state index in [1.54, 1.807) is 11.3 Å². The summed E-state index contributed by atoms with van der Waals surface area (Å²) in [5, 5.41) is 14.1. The van der Waals surface area contributed by atoms with Crippen molar-refractivity contribution in [3.05, 3.63) is 21.9 Å². The number of unbranched alkanes of at least 4 members (excludes halogenated alkanes) is 4. The summed E-state index contributed by atoms with van der Waals surface area (Å²) in [5.41, 5.74) is 2.37. The Hall–Kier alpha value is -0.340. The maximum atomic E-state index is 9.95. The second-order valence-corrected chi connectivity index (χ2v) is 4.97. The lowest BCUT2D eigenvalue weighted by atomic mass is 10.0. The predicted octanol–water partition coefficient (Wildman–Crippen LogP) is 4.45. The van der Waals surface area contributed by atoms with Gasteiger partial charge in [0.1, 0.15) is 0 Å². The Morgan fingerprint density at radius 1 is 1.20 bits per heavy atom. The molecule has 2 heteroatoms. The highest BCUT2D eigenvalue weighted by Gasteiger charge is 2.10. The van der Waals surface area contributed by atoms with Crippen molar-refractivity contribution in [3.8, 4) is 0 Å². The Balaban J connectivity index is 2.19. The first-order chi connectivity index (χ1) is 7.25. The van der Waals surface area contributed by atoms with Gasteiger partial charge in [0, 0.05) is 0 Å². The van der Waals surface area contributed by atoms with Gasteiger partial charge in [-0.25, -0.2) is 0 Å². The Morgan fingerprint density at radius 2 is 1.93 bits per heavy atom. The van der Waals surface area contributed by atoms with Gasteiger partial charge in [-0.05, 0) is 35.2 Å².